The number of aromatic nitrogens is 1. The lowest BCUT2D eigenvalue weighted by atomic mass is 10.2. The van der Waals surface area contributed by atoms with E-state index in [9.17, 15) is 9.59 Å². The summed E-state index contributed by atoms with van der Waals surface area (Å²) in [6, 6.07) is 3.53. The minimum absolute atomic E-state index is 0.216. The largest absolute Gasteiger partial charge is 0.481 e. The highest BCUT2D eigenvalue weighted by molar-refractivity contribution is 5.88. The number of nitrogens with zero attached hydrogens (tertiary/aromatic N) is 1. The van der Waals surface area contributed by atoms with Crippen LogP contribution in [0.2, 0.25) is 0 Å². The third-order valence-corrected chi connectivity index (χ3v) is 2.68. The third-order valence-electron chi connectivity index (χ3n) is 2.68. The number of carbonyl (C=O) groups is 2. The van der Waals surface area contributed by atoms with E-state index < -0.39 is 5.97 Å². The van der Waals surface area contributed by atoms with E-state index in [1.165, 1.54) is 0 Å². The van der Waals surface area contributed by atoms with Crippen LogP contribution in [0.5, 0.6) is 0 Å². The van der Waals surface area contributed by atoms with E-state index in [1.54, 1.807) is 19.2 Å². The number of carboxylic acid groups (broad SMARTS) is 1. The Morgan fingerprint density at radius 3 is 2.79 bits per heavy atom. The standard InChI is InChI=1S/C14H19NO4/c1-2-19-14(18)12-7-6-10-15(11-12)9-5-3-4-8-13(16)17/h6-7,10-11H,2-5,8-9H2,1H3/p+1. The van der Waals surface area contributed by atoms with Crippen molar-refractivity contribution >= 4 is 11.9 Å². The number of pyridine rings is 1. The molecule has 1 aromatic rings. The van der Waals surface area contributed by atoms with Crippen molar-refractivity contribution in [3.8, 4) is 0 Å². The van der Waals surface area contributed by atoms with Gasteiger partial charge in [0.25, 0.3) is 0 Å². The molecule has 5 nitrogen and oxygen atoms in total. The van der Waals surface area contributed by atoms with Gasteiger partial charge in [-0.2, -0.15) is 0 Å². The second-order valence-electron chi connectivity index (χ2n) is 4.26. The van der Waals surface area contributed by atoms with Crippen LogP contribution in [-0.4, -0.2) is 23.7 Å². The maximum absolute atomic E-state index is 11.5. The summed E-state index contributed by atoms with van der Waals surface area (Å²) in [6.45, 7) is 2.91. The first kappa shape index (κ1) is 15.1. The van der Waals surface area contributed by atoms with Crippen LogP contribution in [0.15, 0.2) is 24.5 Å². The summed E-state index contributed by atoms with van der Waals surface area (Å²) in [5.74, 6) is -1.07. The van der Waals surface area contributed by atoms with Crippen LogP contribution in [0.4, 0.5) is 0 Å². The average Bonchev–Trinajstić information content (AvgIpc) is 2.38. The molecular formula is C14H20NO4+. The molecule has 5 heteroatoms. The molecule has 0 aliphatic carbocycles. The van der Waals surface area contributed by atoms with Crippen molar-refractivity contribution in [1.29, 1.82) is 0 Å². The minimum atomic E-state index is -0.753. The highest BCUT2D eigenvalue weighted by Crippen LogP contribution is 2.01. The van der Waals surface area contributed by atoms with E-state index in [-0.39, 0.29) is 12.4 Å². The van der Waals surface area contributed by atoms with Crippen LogP contribution >= 0.6 is 0 Å². The zero-order valence-corrected chi connectivity index (χ0v) is 11.2. The Kier molecular flexibility index (Phi) is 6.57. The quantitative estimate of drug-likeness (QED) is 0.442. The summed E-state index contributed by atoms with van der Waals surface area (Å²) >= 11 is 0. The molecule has 0 fully saturated rings. The molecule has 1 aromatic heterocycles. The lowest BCUT2D eigenvalue weighted by Gasteiger charge is -2.01. The number of unbranched alkanes of at least 4 members (excludes halogenated alkanes) is 2. The zero-order valence-electron chi connectivity index (χ0n) is 11.2. The molecule has 1 rings (SSSR count). The maximum Gasteiger partial charge on any atom is 0.344 e. The Bertz CT molecular complexity index is 431. The topological polar surface area (TPSA) is 67.5 Å². The van der Waals surface area contributed by atoms with Gasteiger partial charge in [0.2, 0.25) is 0 Å². The summed E-state index contributed by atoms with van der Waals surface area (Å²) in [4.78, 5) is 21.9. The molecule has 19 heavy (non-hydrogen) atoms. The Hall–Kier alpha value is -1.91. The van der Waals surface area contributed by atoms with Crippen molar-refractivity contribution in [2.24, 2.45) is 0 Å². The fourth-order valence-corrected chi connectivity index (χ4v) is 1.74. The molecule has 0 amide bonds. The van der Waals surface area contributed by atoms with Crippen LogP contribution in [0.3, 0.4) is 0 Å². The summed E-state index contributed by atoms with van der Waals surface area (Å²) in [7, 11) is 0. The van der Waals surface area contributed by atoms with Gasteiger partial charge in [0.15, 0.2) is 12.4 Å². The van der Waals surface area contributed by atoms with Gasteiger partial charge in [0.1, 0.15) is 12.1 Å². The first-order chi connectivity index (χ1) is 9.13. The van der Waals surface area contributed by atoms with Crippen molar-refractivity contribution in [3.63, 3.8) is 0 Å². The smallest absolute Gasteiger partial charge is 0.344 e. The maximum atomic E-state index is 11.5. The normalized spacial score (nSPS) is 10.2. The summed E-state index contributed by atoms with van der Waals surface area (Å²) in [5, 5.41) is 8.52. The van der Waals surface area contributed by atoms with E-state index >= 15 is 0 Å². The molecule has 0 radical (unpaired) electrons. The lowest BCUT2D eigenvalue weighted by molar-refractivity contribution is -0.697. The minimum Gasteiger partial charge on any atom is -0.481 e. The SMILES string of the molecule is CCOC(=O)c1ccc[n+](CCCCCC(=O)O)c1. The van der Waals surface area contributed by atoms with Crippen LogP contribution in [-0.2, 0) is 16.1 Å². The molecule has 0 spiro atoms. The fraction of sp³-hybridized carbons (Fsp3) is 0.500. The predicted molar refractivity (Wildman–Crippen MR) is 68.7 cm³/mol. The second-order valence-corrected chi connectivity index (χ2v) is 4.26. The molecule has 0 saturated carbocycles. The number of ether oxygens (including phenoxy) is 1. The molecule has 0 saturated heterocycles. The third kappa shape index (κ3) is 5.99. The number of aryl methyl sites for hydroxylation is 1. The van der Waals surface area contributed by atoms with Gasteiger partial charge < -0.3 is 9.84 Å². The molecular weight excluding hydrogens is 246 g/mol. The Morgan fingerprint density at radius 1 is 1.32 bits per heavy atom. The van der Waals surface area contributed by atoms with Gasteiger partial charge in [0, 0.05) is 18.9 Å². The first-order valence-corrected chi connectivity index (χ1v) is 6.51. The Morgan fingerprint density at radius 2 is 2.11 bits per heavy atom. The number of hydrogen-bond acceptors (Lipinski definition) is 3. The summed E-state index contributed by atoms with van der Waals surface area (Å²) in [5.41, 5.74) is 0.537. The van der Waals surface area contributed by atoms with E-state index in [2.05, 4.69) is 0 Å². The van der Waals surface area contributed by atoms with E-state index in [0.717, 1.165) is 19.4 Å². The van der Waals surface area contributed by atoms with Crippen molar-refractivity contribution in [3.05, 3.63) is 30.1 Å². The molecule has 1 N–H and O–H groups in total. The van der Waals surface area contributed by atoms with Gasteiger partial charge in [-0.1, -0.05) is 0 Å². The van der Waals surface area contributed by atoms with Gasteiger partial charge in [-0.15, -0.1) is 0 Å². The molecule has 0 atom stereocenters. The van der Waals surface area contributed by atoms with Crippen molar-refractivity contribution in [1.82, 2.24) is 0 Å². The van der Waals surface area contributed by atoms with Gasteiger partial charge >= 0.3 is 11.9 Å². The Balaban J connectivity index is 2.40. The number of carbonyl (C=O) groups excluding carboxylic acids is 1. The van der Waals surface area contributed by atoms with Crippen LogP contribution < -0.4 is 4.57 Å². The molecule has 0 unspecified atom stereocenters. The van der Waals surface area contributed by atoms with Crippen LogP contribution in [0.1, 0.15) is 43.0 Å². The number of esters is 1. The molecule has 0 aromatic carbocycles. The lowest BCUT2D eigenvalue weighted by Crippen LogP contribution is -2.34. The van der Waals surface area contributed by atoms with Gasteiger partial charge in [-0.3, -0.25) is 4.79 Å². The molecule has 0 aliphatic heterocycles. The number of aliphatic carboxylic acids is 1. The number of carboxylic acids is 1. The van der Waals surface area contributed by atoms with Crippen LogP contribution in [0.25, 0.3) is 0 Å². The number of rotatable bonds is 8. The monoisotopic (exact) mass is 266 g/mol. The van der Waals surface area contributed by atoms with E-state index in [4.69, 9.17) is 9.84 Å². The first-order valence-electron chi connectivity index (χ1n) is 6.51. The summed E-state index contributed by atoms with van der Waals surface area (Å²) < 4.78 is 6.86. The molecule has 104 valence electrons. The number of hydrogen-bond donors (Lipinski definition) is 1. The van der Waals surface area contributed by atoms with Crippen molar-refractivity contribution in [2.75, 3.05) is 6.61 Å². The summed E-state index contributed by atoms with van der Waals surface area (Å²) in [6.07, 6.45) is 6.31. The highest BCUT2D eigenvalue weighted by atomic mass is 16.5. The predicted octanol–water partition coefficient (Wildman–Crippen LogP) is 1.80. The van der Waals surface area contributed by atoms with Gasteiger partial charge in [0.05, 0.1) is 6.61 Å². The average molecular weight is 266 g/mol. The van der Waals surface area contributed by atoms with Crippen LogP contribution in [0, 0.1) is 0 Å². The highest BCUT2D eigenvalue weighted by Gasteiger charge is 2.11. The van der Waals surface area contributed by atoms with Gasteiger partial charge in [-0.05, 0) is 25.8 Å². The van der Waals surface area contributed by atoms with Crippen molar-refractivity contribution < 1.29 is 24.0 Å². The molecule has 0 bridgehead atoms. The second kappa shape index (κ2) is 8.24. The fourth-order valence-electron chi connectivity index (χ4n) is 1.74. The van der Waals surface area contributed by atoms with E-state index in [0.29, 0.717) is 18.6 Å². The molecule has 1 heterocycles. The Labute approximate surface area is 112 Å². The van der Waals surface area contributed by atoms with Gasteiger partial charge in [-0.25, -0.2) is 9.36 Å². The molecule has 0 aliphatic rings. The zero-order chi connectivity index (χ0) is 14.1. The van der Waals surface area contributed by atoms with Crippen molar-refractivity contribution in [2.45, 2.75) is 39.2 Å². The van der Waals surface area contributed by atoms with E-state index in [1.807, 2.05) is 16.8 Å².